The Hall–Kier alpha value is -0.750. The fraction of sp³-hybridized carbons (Fsp3) is 0.455. The second-order valence-corrected chi connectivity index (χ2v) is 4.20. The molecule has 0 atom stereocenters. The second kappa shape index (κ2) is 6.86. The van der Waals surface area contributed by atoms with E-state index in [0.717, 1.165) is 23.9 Å². The molecular formula is C11H13BrF3NO. The molecule has 1 rings (SSSR count). The summed E-state index contributed by atoms with van der Waals surface area (Å²) in [7, 11) is 0. The van der Waals surface area contributed by atoms with E-state index in [1.54, 1.807) is 12.1 Å². The summed E-state index contributed by atoms with van der Waals surface area (Å²) in [6.07, 6.45) is -3.62. The number of ether oxygens (including phenoxy) is 1. The quantitative estimate of drug-likeness (QED) is 0.641. The lowest BCUT2D eigenvalue weighted by molar-refractivity contribution is -0.274. The molecule has 0 fully saturated rings. The van der Waals surface area contributed by atoms with Crippen molar-refractivity contribution < 1.29 is 17.9 Å². The van der Waals surface area contributed by atoms with Gasteiger partial charge in [-0.15, -0.1) is 13.2 Å². The topological polar surface area (TPSA) is 21.3 Å². The van der Waals surface area contributed by atoms with E-state index in [4.69, 9.17) is 0 Å². The van der Waals surface area contributed by atoms with Crippen LogP contribution in [-0.2, 0) is 6.54 Å². The van der Waals surface area contributed by atoms with Crippen LogP contribution in [0, 0.1) is 0 Å². The molecule has 0 heterocycles. The highest BCUT2D eigenvalue weighted by Crippen LogP contribution is 2.22. The Kier molecular flexibility index (Phi) is 5.77. The molecule has 96 valence electrons. The van der Waals surface area contributed by atoms with Gasteiger partial charge < -0.3 is 10.1 Å². The van der Waals surface area contributed by atoms with Crippen molar-refractivity contribution in [3.8, 4) is 5.75 Å². The van der Waals surface area contributed by atoms with Crippen molar-refractivity contribution >= 4 is 15.9 Å². The van der Waals surface area contributed by atoms with Gasteiger partial charge in [0, 0.05) is 11.9 Å². The van der Waals surface area contributed by atoms with Crippen LogP contribution in [0.4, 0.5) is 13.2 Å². The van der Waals surface area contributed by atoms with Gasteiger partial charge in [0.25, 0.3) is 0 Å². The first-order chi connectivity index (χ1) is 8.01. The Morgan fingerprint density at radius 1 is 1.18 bits per heavy atom. The van der Waals surface area contributed by atoms with E-state index in [1.165, 1.54) is 12.1 Å². The molecule has 0 radical (unpaired) electrons. The van der Waals surface area contributed by atoms with E-state index < -0.39 is 6.36 Å². The van der Waals surface area contributed by atoms with Crippen LogP contribution in [0.3, 0.4) is 0 Å². The lowest BCUT2D eigenvalue weighted by atomic mass is 10.2. The molecule has 0 saturated carbocycles. The van der Waals surface area contributed by atoms with Crippen molar-refractivity contribution in [3.63, 3.8) is 0 Å². The van der Waals surface area contributed by atoms with Gasteiger partial charge in [0.15, 0.2) is 0 Å². The van der Waals surface area contributed by atoms with Gasteiger partial charge in [0.1, 0.15) is 5.75 Å². The van der Waals surface area contributed by atoms with Gasteiger partial charge in [0.2, 0.25) is 0 Å². The van der Waals surface area contributed by atoms with Crippen molar-refractivity contribution in [1.82, 2.24) is 5.32 Å². The van der Waals surface area contributed by atoms with Crippen molar-refractivity contribution in [3.05, 3.63) is 29.8 Å². The first-order valence-electron chi connectivity index (χ1n) is 5.12. The van der Waals surface area contributed by atoms with Gasteiger partial charge in [-0.2, -0.15) is 0 Å². The third-order valence-corrected chi connectivity index (χ3v) is 2.53. The van der Waals surface area contributed by atoms with Crippen LogP contribution in [0.25, 0.3) is 0 Å². The lowest BCUT2D eigenvalue weighted by Crippen LogP contribution is -2.17. The van der Waals surface area contributed by atoms with E-state index in [1.807, 2.05) is 0 Å². The van der Waals surface area contributed by atoms with Crippen LogP contribution in [0.15, 0.2) is 24.3 Å². The fourth-order valence-corrected chi connectivity index (χ4v) is 1.51. The monoisotopic (exact) mass is 311 g/mol. The number of halogens is 4. The molecule has 2 nitrogen and oxygen atoms in total. The van der Waals surface area contributed by atoms with Crippen molar-refractivity contribution in [2.45, 2.75) is 19.3 Å². The van der Waals surface area contributed by atoms with E-state index in [0.29, 0.717) is 6.54 Å². The Bertz CT molecular complexity index is 326. The van der Waals surface area contributed by atoms with Crippen LogP contribution in [0.1, 0.15) is 12.0 Å². The molecule has 0 amide bonds. The molecule has 1 aromatic rings. The third-order valence-electron chi connectivity index (χ3n) is 1.97. The Morgan fingerprint density at radius 3 is 2.35 bits per heavy atom. The molecule has 0 bridgehead atoms. The molecule has 0 aliphatic carbocycles. The maximum absolute atomic E-state index is 11.9. The summed E-state index contributed by atoms with van der Waals surface area (Å²) < 4.78 is 39.4. The predicted octanol–water partition coefficient (Wildman–Crippen LogP) is 3.46. The number of hydrogen-bond donors (Lipinski definition) is 1. The summed E-state index contributed by atoms with van der Waals surface area (Å²) in [5, 5.41) is 4.11. The summed E-state index contributed by atoms with van der Waals surface area (Å²) >= 11 is 3.31. The average molecular weight is 312 g/mol. The molecule has 1 N–H and O–H groups in total. The van der Waals surface area contributed by atoms with Gasteiger partial charge in [-0.1, -0.05) is 28.1 Å². The number of benzene rings is 1. The van der Waals surface area contributed by atoms with Crippen LogP contribution in [-0.4, -0.2) is 18.2 Å². The molecule has 17 heavy (non-hydrogen) atoms. The Morgan fingerprint density at radius 2 is 1.82 bits per heavy atom. The molecule has 0 saturated heterocycles. The summed E-state index contributed by atoms with van der Waals surface area (Å²) in [4.78, 5) is 0. The Balaban J connectivity index is 2.39. The van der Waals surface area contributed by atoms with Gasteiger partial charge in [-0.25, -0.2) is 0 Å². The molecule has 1 aromatic carbocycles. The SMILES string of the molecule is FC(F)(F)Oc1ccc(CNCCCBr)cc1. The summed E-state index contributed by atoms with van der Waals surface area (Å²) in [5.74, 6) is -0.193. The van der Waals surface area contributed by atoms with Gasteiger partial charge in [-0.05, 0) is 30.7 Å². The van der Waals surface area contributed by atoms with Crippen LogP contribution in [0.5, 0.6) is 5.75 Å². The largest absolute Gasteiger partial charge is 0.573 e. The molecule has 0 aromatic heterocycles. The maximum Gasteiger partial charge on any atom is 0.573 e. The van der Waals surface area contributed by atoms with Crippen molar-refractivity contribution in [1.29, 1.82) is 0 Å². The zero-order valence-corrected chi connectivity index (χ0v) is 10.6. The smallest absolute Gasteiger partial charge is 0.406 e. The predicted molar refractivity (Wildman–Crippen MR) is 63.2 cm³/mol. The molecule has 0 aliphatic rings. The lowest BCUT2D eigenvalue weighted by Gasteiger charge is -2.09. The highest BCUT2D eigenvalue weighted by molar-refractivity contribution is 9.09. The standard InChI is InChI=1S/C11H13BrF3NO/c12-6-1-7-16-8-9-2-4-10(5-3-9)17-11(13,14)15/h2-5,16H,1,6-8H2. The minimum atomic E-state index is -4.63. The fourth-order valence-electron chi connectivity index (χ4n) is 1.23. The highest BCUT2D eigenvalue weighted by atomic mass is 79.9. The minimum Gasteiger partial charge on any atom is -0.406 e. The number of nitrogens with one attached hydrogen (secondary N) is 1. The third kappa shape index (κ3) is 6.53. The normalized spacial score (nSPS) is 11.5. The average Bonchev–Trinajstić information content (AvgIpc) is 2.25. The van der Waals surface area contributed by atoms with Gasteiger partial charge >= 0.3 is 6.36 Å². The first kappa shape index (κ1) is 14.3. The minimum absolute atomic E-state index is 0.193. The van der Waals surface area contributed by atoms with Gasteiger partial charge in [0.05, 0.1) is 0 Å². The zero-order chi connectivity index (χ0) is 12.7. The Labute approximate surface area is 106 Å². The number of alkyl halides is 4. The second-order valence-electron chi connectivity index (χ2n) is 3.41. The van der Waals surface area contributed by atoms with E-state index in [-0.39, 0.29) is 5.75 Å². The molecule has 6 heteroatoms. The number of hydrogen-bond acceptors (Lipinski definition) is 2. The summed E-state index contributed by atoms with van der Waals surface area (Å²) in [5.41, 5.74) is 0.925. The van der Waals surface area contributed by atoms with Crippen LogP contribution < -0.4 is 10.1 Å². The van der Waals surface area contributed by atoms with E-state index in [9.17, 15) is 13.2 Å². The van der Waals surface area contributed by atoms with Crippen molar-refractivity contribution in [2.75, 3.05) is 11.9 Å². The van der Waals surface area contributed by atoms with Crippen LogP contribution >= 0.6 is 15.9 Å². The van der Waals surface area contributed by atoms with E-state index in [2.05, 4.69) is 26.0 Å². The summed E-state index contributed by atoms with van der Waals surface area (Å²) in [6, 6.07) is 5.86. The molecule has 0 aliphatic heterocycles. The van der Waals surface area contributed by atoms with E-state index >= 15 is 0 Å². The first-order valence-corrected chi connectivity index (χ1v) is 6.25. The highest BCUT2D eigenvalue weighted by Gasteiger charge is 2.30. The zero-order valence-electron chi connectivity index (χ0n) is 9.06. The molecular weight excluding hydrogens is 299 g/mol. The molecule has 0 unspecified atom stereocenters. The van der Waals surface area contributed by atoms with Crippen LogP contribution in [0.2, 0.25) is 0 Å². The molecule has 0 spiro atoms. The van der Waals surface area contributed by atoms with Crippen molar-refractivity contribution in [2.24, 2.45) is 0 Å². The van der Waals surface area contributed by atoms with Gasteiger partial charge in [-0.3, -0.25) is 0 Å². The summed E-state index contributed by atoms with van der Waals surface area (Å²) in [6.45, 7) is 1.51. The number of rotatable bonds is 6. The maximum atomic E-state index is 11.9.